The van der Waals surface area contributed by atoms with Crippen LogP contribution >= 0.6 is 22.9 Å². The number of thiazole rings is 1. The second kappa shape index (κ2) is 8.76. The number of fused-ring (bicyclic) bond motifs is 1. The molecule has 0 aliphatic heterocycles. The number of carbonyl (C=O) groups is 1. The maximum atomic E-state index is 13.4. The van der Waals surface area contributed by atoms with Crippen molar-refractivity contribution < 1.29 is 4.79 Å². The van der Waals surface area contributed by atoms with E-state index in [0.29, 0.717) is 9.82 Å². The lowest BCUT2D eigenvalue weighted by Gasteiger charge is -2.14. The van der Waals surface area contributed by atoms with E-state index >= 15 is 0 Å². The molecule has 0 N–H and O–H groups in total. The van der Waals surface area contributed by atoms with Crippen molar-refractivity contribution in [1.29, 1.82) is 0 Å². The summed E-state index contributed by atoms with van der Waals surface area (Å²) >= 11 is 7.68. The fourth-order valence-corrected chi connectivity index (χ4v) is 4.84. The number of hydrogen-bond acceptors (Lipinski definition) is 2. The van der Waals surface area contributed by atoms with E-state index in [4.69, 9.17) is 11.6 Å². The molecule has 0 unspecified atom stereocenters. The Hall–Kier alpha value is -2.69. The van der Waals surface area contributed by atoms with E-state index in [0.717, 1.165) is 34.3 Å². The van der Waals surface area contributed by atoms with E-state index in [1.165, 1.54) is 11.3 Å². The molecule has 0 saturated heterocycles. The van der Waals surface area contributed by atoms with E-state index in [2.05, 4.69) is 16.5 Å². The molecule has 1 amide bonds. The number of nitrogens with zero attached hydrogens (tertiary/aromatic N) is 2. The fourth-order valence-electron chi connectivity index (χ4n) is 3.50. The third kappa shape index (κ3) is 4.19. The van der Waals surface area contributed by atoms with Crippen LogP contribution in [0.5, 0.6) is 0 Å². The van der Waals surface area contributed by atoms with E-state index in [-0.39, 0.29) is 5.91 Å². The fraction of sp³-hybridized carbons (Fsp3) is 0.167. The van der Waals surface area contributed by atoms with Gasteiger partial charge in [-0.2, -0.15) is 4.99 Å². The molecule has 29 heavy (non-hydrogen) atoms. The summed E-state index contributed by atoms with van der Waals surface area (Å²) in [7, 11) is 0. The van der Waals surface area contributed by atoms with Gasteiger partial charge in [-0.05, 0) is 35.7 Å². The monoisotopic (exact) mass is 420 g/mol. The lowest BCUT2D eigenvalue weighted by atomic mass is 9.91. The lowest BCUT2D eigenvalue weighted by molar-refractivity contribution is -0.118. The normalized spacial score (nSPS) is 12.0. The SMILES string of the molecule is CCCn1c(=NC(=O)C(c2ccccc2)c2ccccc2)sc2cc(Cl)ccc21. The Kier molecular flexibility index (Phi) is 5.93. The standard InChI is InChI=1S/C24H21ClN2OS/c1-2-15-27-20-14-13-19(25)16-21(20)29-24(27)26-23(28)22(17-9-5-3-6-10-17)18-11-7-4-8-12-18/h3-14,16,22H,2,15H2,1H3. The molecule has 0 atom stereocenters. The van der Waals surface area contributed by atoms with Crippen LogP contribution in [0.3, 0.4) is 0 Å². The highest BCUT2D eigenvalue weighted by Gasteiger charge is 2.22. The number of aromatic nitrogens is 1. The second-order valence-corrected chi connectivity index (χ2v) is 8.30. The summed E-state index contributed by atoms with van der Waals surface area (Å²) in [5.74, 6) is -0.591. The number of rotatable bonds is 5. The summed E-state index contributed by atoms with van der Waals surface area (Å²) in [6.07, 6.45) is 0.955. The van der Waals surface area contributed by atoms with Gasteiger partial charge in [-0.15, -0.1) is 0 Å². The smallest absolute Gasteiger partial charge is 0.260 e. The van der Waals surface area contributed by atoms with Gasteiger partial charge in [0.2, 0.25) is 0 Å². The average molecular weight is 421 g/mol. The first-order valence-electron chi connectivity index (χ1n) is 9.64. The summed E-state index contributed by atoms with van der Waals surface area (Å²) in [5.41, 5.74) is 2.95. The Morgan fingerprint density at radius 3 is 2.21 bits per heavy atom. The largest absolute Gasteiger partial charge is 0.316 e. The summed E-state index contributed by atoms with van der Waals surface area (Å²) in [6, 6.07) is 25.5. The van der Waals surface area contributed by atoms with Crippen molar-refractivity contribution in [2.24, 2.45) is 4.99 Å². The Morgan fingerprint density at radius 2 is 1.62 bits per heavy atom. The van der Waals surface area contributed by atoms with Gasteiger partial charge in [-0.3, -0.25) is 4.79 Å². The zero-order valence-electron chi connectivity index (χ0n) is 16.1. The third-order valence-electron chi connectivity index (χ3n) is 4.81. The maximum absolute atomic E-state index is 13.4. The predicted octanol–water partition coefficient (Wildman–Crippen LogP) is 6.03. The van der Waals surface area contributed by atoms with Gasteiger partial charge in [0.15, 0.2) is 4.80 Å². The van der Waals surface area contributed by atoms with Gasteiger partial charge in [0, 0.05) is 11.6 Å². The third-order valence-corrected chi connectivity index (χ3v) is 6.09. The molecule has 4 aromatic rings. The van der Waals surface area contributed by atoms with E-state index in [1.54, 1.807) is 0 Å². The van der Waals surface area contributed by atoms with Crippen LogP contribution in [0.4, 0.5) is 0 Å². The number of aryl methyl sites for hydroxylation is 1. The number of carbonyl (C=O) groups excluding carboxylic acids is 1. The molecule has 3 aromatic carbocycles. The van der Waals surface area contributed by atoms with Gasteiger partial charge in [-0.25, -0.2) is 0 Å². The highest BCUT2D eigenvalue weighted by Crippen LogP contribution is 2.27. The van der Waals surface area contributed by atoms with Crippen molar-refractivity contribution in [1.82, 2.24) is 4.57 Å². The Balaban J connectivity index is 1.85. The Labute approximate surface area is 178 Å². The zero-order valence-corrected chi connectivity index (χ0v) is 17.7. The van der Waals surface area contributed by atoms with Crippen LogP contribution in [0, 0.1) is 0 Å². The molecule has 3 nitrogen and oxygen atoms in total. The number of amides is 1. The van der Waals surface area contributed by atoms with Crippen molar-refractivity contribution in [3.63, 3.8) is 0 Å². The molecule has 5 heteroatoms. The number of hydrogen-bond donors (Lipinski definition) is 0. The number of benzene rings is 3. The quantitative estimate of drug-likeness (QED) is 0.388. The molecule has 1 heterocycles. The van der Waals surface area contributed by atoms with Gasteiger partial charge in [0.1, 0.15) is 0 Å². The summed E-state index contributed by atoms with van der Waals surface area (Å²) in [6.45, 7) is 2.92. The zero-order chi connectivity index (χ0) is 20.2. The van der Waals surface area contributed by atoms with Crippen LogP contribution < -0.4 is 4.80 Å². The highest BCUT2D eigenvalue weighted by atomic mass is 35.5. The van der Waals surface area contributed by atoms with Crippen LogP contribution in [0.2, 0.25) is 5.02 Å². The molecular weight excluding hydrogens is 400 g/mol. The second-order valence-electron chi connectivity index (χ2n) is 6.85. The molecule has 146 valence electrons. The molecule has 0 saturated carbocycles. The Bertz CT molecular complexity index is 1160. The average Bonchev–Trinajstić information content (AvgIpc) is 3.06. The van der Waals surface area contributed by atoms with Gasteiger partial charge in [-0.1, -0.05) is 90.5 Å². The molecule has 0 bridgehead atoms. The molecule has 0 aliphatic rings. The highest BCUT2D eigenvalue weighted by molar-refractivity contribution is 7.16. The van der Waals surface area contributed by atoms with Crippen LogP contribution in [0.1, 0.15) is 30.4 Å². The van der Waals surface area contributed by atoms with Gasteiger partial charge < -0.3 is 4.57 Å². The molecule has 0 radical (unpaired) electrons. The summed E-state index contributed by atoms with van der Waals surface area (Å²) < 4.78 is 3.15. The minimum atomic E-state index is -0.429. The van der Waals surface area contributed by atoms with E-state index in [9.17, 15) is 4.79 Å². The van der Waals surface area contributed by atoms with Crippen LogP contribution in [0.15, 0.2) is 83.9 Å². The van der Waals surface area contributed by atoms with Crippen LogP contribution in [-0.2, 0) is 11.3 Å². The first-order chi connectivity index (χ1) is 14.2. The van der Waals surface area contributed by atoms with Crippen molar-refractivity contribution in [2.75, 3.05) is 0 Å². The number of halogens is 1. The first-order valence-corrected chi connectivity index (χ1v) is 10.8. The van der Waals surface area contributed by atoms with Crippen molar-refractivity contribution >= 4 is 39.1 Å². The van der Waals surface area contributed by atoms with Crippen molar-refractivity contribution in [2.45, 2.75) is 25.8 Å². The summed E-state index contributed by atoms with van der Waals surface area (Å²) in [4.78, 5) is 18.7. The van der Waals surface area contributed by atoms with Crippen molar-refractivity contribution in [3.8, 4) is 0 Å². The Morgan fingerprint density at radius 1 is 1.00 bits per heavy atom. The van der Waals surface area contributed by atoms with Gasteiger partial charge >= 0.3 is 0 Å². The molecule has 0 spiro atoms. The molecule has 0 aliphatic carbocycles. The molecular formula is C24H21ClN2OS. The molecule has 0 fully saturated rings. The minimum absolute atomic E-state index is 0.162. The van der Waals surface area contributed by atoms with Crippen LogP contribution in [0.25, 0.3) is 10.2 Å². The maximum Gasteiger partial charge on any atom is 0.260 e. The lowest BCUT2D eigenvalue weighted by Crippen LogP contribution is -2.20. The predicted molar refractivity (Wildman–Crippen MR) is 120 cm³/mol. The first kappa shape index (κ1) is 19.6. The van der Waals surface area contributed by atoms with Gasteiger partial charge in [0.05, 0.1) is 16.1 Å². The molecule has 1 aromatic heterocycles. The minimum Gasteiger partial charge on any atom is -0.316 e. The van der Waals surface area contributed by atoms with Crippen molar-refractivity contribution in [3.05, 3.63) is 99.8 Å². The summed E-state index contributed by atoms with van der Waals surface area (Å²) in [5, 5.41) is 0.687. The van der Waals surface area contributed by atoms with Gasteiger partial charge in [0.25, 0.3) is 5.91 Å². The van der Waals surface area contributed by atoms with Crippen LogP contribution in [-0.4, -0.2) is 10.5 Å². The van der Waals surface area contributed by atoms with E-state index < -0.39 is 5.92 Å². The van der Waals surface area contributed by atoms with E-state index in [1.807, 2.05) is 78.9 Å². The topological polar surface area (TPSA) is 34.4 Å². The molecule has 4 rings (SSSR count).